The van der Waals surface area contributed by atoms with Crippen molar-refractivity contribution in [3.63, 3.8) is 0 Å². The molecular weight excluding hydrogens is 187 g/mol. The summed E-state index contributed by atoms with van der Waals surface area (Å²) in [7, 11) is 0. The molecule has 0 saturated heterocycles. The molecule has 0 unspecified atom stereocenters. The fourth-order valence-corrected chi connectivity index (χ4v) is 0.982. The lowest BCUT2D eigenvalue weighted by Crippen LogP contribution is -1.97. The van der Waals surface area contributed by atoms with Gasteiger partial charge in [0.05, 0.1) is 4.92 Å². The highest BCUT2D eigenvalue weighted by molar-refractivity contribution is 6.33. The third-order valence-corrected chi connectivity index (χ3v) is 1.64. The van der Waals surface area contributed by atoms with Gasteiger partial charge in [0.25, 0.3) is 0 Å². The van der Waals surface area contributed by atoms with Crippen molar-refractivity contribution in [1.82, 2.24) is 0 Å². The summed E-state index contributed by atoms with van der Waals surface area (Å²) >= 11 is 5.30. The maximum absolute atomic E-state index is 12.6. The molecule has 0 bridgehead atoms. The molecule has 1 aromatic carbocycles. The topological polar surface area (TPSA) is 69.2 Å². The van der Waals surface area contributed by atoms with E-state index in [0.29, 0.717) is 0 Å². The van der Waals surface area contributed by atoms with Crippen molar-refractivity contribution in [2.24, 2.45) is 0 Å². The van der Waals surface area contributed by atoms with Gasteiger partial charge in [0.15, 0.2) is 5.02 Å². The van der Waals surface area contributed by atoms with Crippen LogP contribution in [-0.4, -0.2) is 4.92 Å². The Morgan fingerprint density at radius 2 is 2.17 bits per heavy atom. The number of hydrogen-bond donors (Lipinski definition) is 1. The molecule has 6 heteroatoms. The summed E-state index contributed by atoms with van der Waals surface area (Å²) in [5.41, 5.74) is 4.47. The van der Waals surface area contributed by atoms with E-state index in [-0.39, 0.29) is 5.69 Å². The molecule has 0 saturated carbocycles. The Hall–Kier alpha value is -1.36. The monoisotopic (exact) mass is 190 g/mol. The molecule has 0 radical (unpaired) electrons. The van der Waals surface area contributed by atoms with Gasteiger partial charge in [-0.05, 0) is 12.1 Å². The van der Waals surface area contributed by atoms with Gasteiger partial charge in [-0.1, -0.05) is 11.6 Å². The van der Waals surface area contributed by atoms with Gasteiger partial charge in [0.2, 0.25) is 0 Å². The summed E-state index contributed by atoms with van der Waals surface area (Å²) in [5.74, 6) is -0.849. The third kappa shape index (κ3) is 1.31. The molecule has 0 aliphatic rings. The number of nitro benzene ring substituents is 1. The second-order valence-electron chi connectivity index (χ2n) is 2.06. The molecule has 0 aliphatic carbocycles. The number of nitrogens with zero attached hydrogens (tertiary/aromatic N) is 1. The van der Waals surface area contributed by atoms with E-state index >= 15 is 0 Å². The molecule has 64 valence electrons. The van der Waals surface area contributed by atoms with Gasteiger partial charge < -0.3 is 5.73 Å². The van der Waals surface area contributed by atoms with Crippen molar-refractivity contribution in [2.75, 3.05) is 5.73 Å². The molecule has 0 amide bonds. The Balaban J connectivity index is 3.43. The van der Waals surface area contributed by atoms with Crippen LogP contribution in [0.5, 0.6) is 0 Å². The first-order valence-electron chi connectivity index (χ1n) is 2.92. The predicted molar refractivity (Wildman–Crippen MR) is 42.5 cm³/mol. The standard InChI is InChI=1S/C6H4ClFN2O2/c7-5-3(8)1-2-4(9)6(5)10(11)12/h1-2H,9H2. The summed E-state index contributed by atoms with van der Waals surface area (Å²) in [6, 6.07) is 2.07. The first-order valence-corrected chi connectivity index (χ1v) is 3.29. The van der Waals surface area contributed by atoms with Crippen LogP contribution in [0.15, 0.2) is 12.1 Å². The summed E-state index contributed by atoms with van der Waals surface area (Å²) in [4.78, 5) is 9.45. The molecule has 0 atom stereocenters. The highest BCUT2D eigenvalue weighted by atomic mass is 35.5. The van der Waals surface area contributed by atoms with Gasteiger partial charge in [-0.25, -0.2) is 4.39 Å². The van der Waals surface area contributed by atoms with Gasteiger partial charge in [-0.3, -0.25) is 10.1 Å². The number of nitrogen functional groups attached to an aromatic ring is 1. The zero-order valence-corrected chi connectivity index (χ0v) is 6.51. The summed E-state index contributed by atoms with van der Waals surface area (Å²) in [6.07, 6.45) is 0. The van der Waals surface area contributed by atoms with Crippen LogP contribution in [0, 0.1) is 15.9 Å². The van der Waals surface area contributed by atoms with Crippen LogP contribution in [0.2, 0.25) is 5.02 Å². The molecular formula is C6H4ClFN2O2. The minimum atomic E-state index is -0.849. The zero-order valence-electron chi connectivity index (χ0n) is 5.75. The Labute approximate surface area is 71.9 Å². The van der Waals surface area contributed by atoms with Gasteiger partial charge in [0, 0.05) is 0 Å². The van der Waals surface area contributed by atoms with Crippen molar-refractivity contribution in [2.45, 2.75) is 0 Å². The number of hydrogen-bond acceptors (Lipinski definition) is 3. The van der Waals surface area contributed by atoms with E-state index in [9.17, 15) is 14.5 Å². The minimum Gasteiger partial charge on any atom is -0.393 e. The molecule has 0 aliphatic heterocycles. The SMILES string of the molecule is Nc1ccc(F)c(Cl)c1[N+](=O)[O-]. The normalized spacial score (nSPS) is 9.83. The minimum absolute atomic E-state index is 0.147. The molecule has 1 rings (SSSR count). The van der Waals surface area contributed by atoms with E-state index in [1.54, 1.807) is 0 Å². The zero-order chi connectivity index (χ0) is 9.30. The molecule has 1 aromatic rings. The second-order valence-corrected chi connectivity index (χ2v) is 2.43. The Morgan fingerprint density at radius 1 is 1.58 bits per heavy atom. The first-order chi connectivity index (χ1) is 5.54. The van der Waals surface area contributed by atoms with Crippen molar-refractivity contribution >= 4 is 23.0 Å². The van der Waals surface area contributed by atoms with E-state index in [1.165, 1.54) is 0 Å². The molecule has 0 spiro atoms. The number of nitro groups is 1. The fourth-order valence-electron chi connectivity index (χ4n) is 0.740. The molecule has 2 N–H and O–H groups in total. The van der Waals surface area contributed by atoms with Gasteiger partial charge in [-0.2, -0.15) is 0 Å². The van der Waals surface area contributed by atoms with Gasteiger partial charge in [0.1, 0.15) is 11.5 Å². The van der Waals surface area contributed by atoms with E-state index < -0.39 is 21.5 Å². The van der Waals surface area contributed by atoms with E-state index in [4.69, 9.17) is 17.3 Å². The van der Waals surface area contributed by atoms with Crippen molar-refractivity contribution in [1.29, 1.82) is 0 Å². The van der Waals surface area contributed by atoms with Crippen LogP contribution in [-0.2, 0) is 0 Å². The van der Waals surface area contributed by atoms with Crippen LogP contribution in [0.25, 0.3) is 0 Å². The average Bonchev–Trinajstić information content (AvgIpc) is 1.97. The highest BCUT2D eigenvalue weighted by Crippen LogP contribution is 2.32. The maximum Gasteiger partial charge on any atom is 0.313 e. The third-order valence-electron chi connectivity index (χ3n) is 1.28. The Kier molecular flexibility index (Phi) is 2.14. The van der Waals surface area contributed by atoms with E-state index in [2.05, 4.69) is 0 Å². The van der Waals surface area contributed by atoms with Gasteiger partial charge in [-0.15, -0.1) is 0 Å². The molecule has 12 heavy (non-hydrogen) atoms. The lowest BCUT2D eigenvalue weighted by molar-refractivity contribution is -0.383. The van der Waals surface area contributed by atoms with Gasteiger partial charge >= 0.3 is 5.69 Å². The fraction of sp³-hybridized carbons (Fsp3) is 0. The smallest absolute Gasteiger partial charge is 0.313 e. The molecule has 0 aromatic heterocycles. The lowest BCUT2D eigenvalue weighted by atomic mass is 10.2. The molecule has 0 fully saturated rings. The van der Waals surface area contributed by atoms with E-state index in [0.717, 1.165) is 12.1 Å². The number of benzene rings is 1. The van der Waals surface area contributed by atoms with Crippen molar-refractivity contribution < 1.29 is 9.31 Å². The Bertz CT molecular complexity index is 343. The average molecular weight is 191 g/mol. The van der Waals surface area contributed by atoms with Crippen LogP contribution in [0.4, 0.5) is 15.8 Å². The summed E-state index contributed by atoms with van der Waals surface area (Å²) in [5, 5.41) is 9.71. The summed E-state index contributed by atoms with van der Waals surface area (Å²) in [6.45, 7) is 0. The van der Waals surface area contributed by atoms with Crippen LogP contribution in [0.3, 0.4) is 0 Å². The predicted octanol–water partition coefficient (Wildman–Crippen LogP) is 1.97. The Morgan fingerprint density at radius 3 is 2.58 bits per heavy atom. The van der Waals surface area contributed by atoms with Crippen molar-refractivity contribution in [3.05, 3.63) is 33.1 Å². The molecule has 4 nitrogen and oxygen atoms in total. The number of rotatable bonds is 1. The number of anilines is 1. The van der Waals surface area contributed by atoms with E-state index in [1.807, 2.05) is 0 Å². The van der Waals surface area contributed by atoms with Crippen LogP contribution in [0.1, 0.15) is 0 Å². The van der Waals surface area contributed by atoms with Crippen LogP contribution >= 0.6 is 11.6 Å². The highest BCUT2D eigenvalue weighted by Gasteiger charge is 2.19. The quantitative estimate of drug-likeness (QED) is 0.418. The molecule has 0 heterocycles. The lowest BCUT2D eigenvalue weighted by Gasteiger charge is -1.98. The van der Waals surface area contributed by atoms with Crippen LogP contribution < -0.4 is 5.73 Å². The second kappa shape index (κ2) is 2.94. The largest absolute Gasteiger partial charge is 0.393 e. The summed E-state index contributed by atoms with van der Waals surface area (Å²) < 4.78 is 12.6. The van der Waals surface area contributed by atoms with Crippen molar-refractivity contribution in [3.8, 4) is 0 Å². The first kappa shape index (κ1) is 8.73. The number of nitrogens with two attached hydrogens (primary N) is 1. The maximum atomic E-state index is 12.6. The number of halogens is 2.